The number of carbonyl (C=O) groups is 1. The molecule has 3 heterocycles. The number of ether oxygens (including phenoxy) is 2. The summed E-state index contributed by atoms with van der Waals surface area (Å²) in [5.41, 5.74) is 9.50. The second-order valence-corrected chi connectivity index (χ2v) is 10.7. The van der Waals surface area contributed by atoms with Gasteiger partial charge in [0.2, 0.25) is 0 Å². The predicted molar refractivity (Wildman–Crippen MR) is 150 cm³/mol. The van der Waals surface area contributed by atoms with E-state index in [0.717, 1.165) is 42.5 Å². The van der Waals surface area contributed by atoms with Gasteiger partial charge >= 0.3 is 5.69 Å². The highest BCUT2D eigenvalue weighted by Gasteiger charge is 2.32. The second kappa shape index (κ2) is 11.2. The number of aromatic nitrogens is 2. The maximum Gasteiger partial charge on any atom is 0.329 e. The highest BCUT2D eigenvalue weighted by molar-refractivity contribution is 6.34. The number of methoxy groups -OCH3 is 1. The van der Waals surface area contributed by atoms with E-state index in [1.165, 1.54) is 0 Å². The number of aryl methyl sites for hydroxylation is 2. The van der Waals surface area contributed by atoms with Crippen LogP contribution < -0.4 is 21.5 Å². The summed E-state index contributed by atoms with van der Waals surface area (Å²) >= 11 is 12.5. The number of nitrogens with two attached hydrogens (primary N) is 1. The van der Waals surface area contributed by atoms with Crippen molar-refractivity contribution in [2.24, 2.45) is 0 Å². The summed E-state index contributed by atoms with van der Waals surface area (Å²) < 4.78 is 15.1. The zero-order chi connectivity index (χ0) is 27.0. The van der Waals surface area contributed by atoms with Crippen LogP contribution in [0.5, 0.6) is 5.75 Å². The van der Waals surface area contributed by atoms with Gasteiger partial charge in [-0.05, 0) is 50.6 Å². The van der Waals surface area contributed by atoms with Crippen molar-refractivity contribution in [1.29, 1.82) is 0 Å². The maximum absolute atomic E-state index is 13.2. The van der Waals surface area contributed by atoms with Crippen LogP contribution >= 0.6 is 23.2 Å². The topological polar surface area (TPSA) is 104 Å². The van der Waals surface area contributed by atoms with Gasteiger partial charge in [-0.1, -0.05) is 23.2 Å². The highest BCUT2D eigenvalue weighted by atomic mass is 35.5. The van der Waals surface area contributed by atoms with Crippen LogP contribution in [0.25, 0.3) is 11.0 Å². The van der Waals surface area contributed by atoms with Crippen molar-refractivity contribution in [3.05, 3.63) is 55.9 Å². The first-order chi connectivity index (χ1) is 18.3. The number of likely N-dealkylation sites (tertiary alicyclic amines) is 1. The molecule has 0 radical (unpaired) electrons. The molecule has 2 aliphatic rings. The van der Waals surface area contributed by atoms with Crippen molar-refractivity contribution in [2.45, 2.75) is 51.4 Å². The lowest BCUT2D eigenvalue weighted by Crippen LogP contribution is -2.55. The molecule has 2 aromatic carbocycles. The molecule has 2 atom stereocenters. The third-order valence-electron chi connectivity index (χ3n) is 7.63. The van der Waals surface area contributed by atoms with Crippen LogP contribution in [0.3, 0.4) is 0 Å². The Kier molecular flexibility index (Phi) is 7.90. The first-order valence-electron chi connectivity index (χ1n) is 13.0. The van der Waals surface area contributed by atoms with Crippen molar-refractivity contribution in [3.8, 4) is 5.75 Å². The van der Waals surface area contributed by atoms with E-state index in [1.807, 2.05) is 29.7 Å². The van der Waals surface area contributed by atoms with Crippen LogP contribution in [-0.4, -0.2) is 65.4 Å². The van der Waals surface area contributed by atoms with Crippen LogP contribution in [0.1, 0.15) is 35.7 Å². The molecule has 0 saturated carbocycles. The zero-order valence-electron chi connectivity index (χ0n) is 21.6. The molecule has 3 N–H and O–H groups in total. The van der Waals surface area contributed by atoms with E-state index in [9.17, 15) is 9.59 Å². The Bertz CT molecular complexity index is 1420. The molecule has 38 heavy (non-hydrogen) atoms. The third-order valence-corrected chi connectivity index (χ3v) is 8.18. The SMILES string of the molecule is CCn1c(=O)n(CCCN2CC[C@H](NC(=O)c3cc(Cl)c(N)c4c3OCC4)[C@H](OC)C2)c2ccc(Cl)cc21. The second-order valence-electron chi connectivity index (χ2n) is 9.83. The van der Waals surface area contributed by atoms with Gasteiger partial charge in [-0.3, -0.25) is 13.9 Å². The Labute approximate surface area is 231 Å². The summed E-state index contributed by atoms with van der Waals surface area (Å²) in [6, 6.07) is 7.01. The van der Waals surface area contributed by atoms with Gasteiger partial charge in [-0.25, -0.2) is 4.79 Å². The summed E-state index contributed by atoms with van der Waals surface area (Å²) in [6.45, 7) is 5.95. The number of benzene rings is 2. The normalized spacial score (nSPS) is 19.5. The molecule has 9 nitrogen and oxygen atoms in total. The number of imidazole rings is 1. The average molecular weight is 562 g/mol. The van der Waals surface area contributed by atoms with E-state index in [4.69, 9.17) is 38.4 Å². The van der Waals surface area contributed by atoms with Gasteiger partial charge in [-0.2, -0.15) is 0 Å². The Morgan fingerprint density at radius 3 is 2.79 bits per heavy atom. The van der Waals surface area contributed by atoms with Gasteiger partial charge < -0.3 is 25.4 Å². The summed E-state index contributed by atoms with van der Waals surface area (Å²) in [6.07, 6.45) is 2.02. The Hall–Kier alpha value is -2.72. The lowest BCUT2D eigenvalue weighted by Gasteiger charge is -2.38. The number of anilines is 1. The fraction of sp³-hybridized carbons (Fsp3) is 0.481. The van der Waals surface area contributed by atoms with Gasteiger partial charge in [0.25, 0.3) is 5.91 Å². The Balaban J connectivity index is 1.20. The average Bonchev–Trinajstić information content (AvgIpc) is 3.49. The maximum atomic E-state index is 13.2. The molecule has 1 aromatic heterocycles. The molecular weight excluding hydrogens is 529 g/mol. The number of nitrogens with zero attached hydrogens (tertiary/aromatic N) is 3. The zero-order valence-corrected chi connectivity index (χ0v) is 23.1. The number of piperidine rings is 1. The molecule has 204 valence electrons. The summed E-state index contributed by atoms with van der Waals surface area (Å²) in [5, 5.41) is 4.11. The molecule has 0 bridgehead atoms. The third kappa shape index (κ3) is 5.00. The predicted octanol–water partition coefficient (Wildman–Crippen LogP) is 3.56. The molecule has 1 fully saturated rings. The van der Waals surface area contributed by atoms with Crippen molar-refractivity contribution >= 4 is 45.8 Å². The van der Waals surface area contributed by atoms with Gasteiger partial charge in [-0.15, -0.1) is 0 Å². The number of rotatable bonds is 8. The van der Waals surface area contributed by atoms with Crippen LogP contribution in [0.15, 0.2) is 29.1 Å². The lowest BCUT2D eigenvalue weighted by molar-refractivity contribution is 0.00585. The van der Waals surface area contributed by atoms with E-state index in [0.29, 0.717) is 59.7 Å². The minimum Gasteiger partial charge on any atom is -0.492 e. The molecule has 0 unspecified atom stereocenters. The molecule has 1 saturated heterocycles. The van der Waals surface area contributed by atoms with E-state index >= 15 is 0 Å². The van der Waals surface area contributed by atoms with Crippen molar-refractivity contribution in [2.75, 3.05) is 39.1 Å². The minimum atomic E-state index is -0.239. The van der Waals surface area contributed by atoms with Crippen LogP contribution in [0.4, 0.5) is 5.69 Å². The van der Waals surface area contributed by atoms with E-state index < -0.39 is 0 Å². The van der Waals surface area contributed by atoms with Crippen LogP contribution in [0.2, 0.25) is 10.0 Å². The fourth-order valence-electron chi connectivity index (χ4n) is 5.64. The number of amides is 1. The molecule has 3 aromatic rings. The molecular formula is C27H33Cl2N5O4. The van der Waals surface area contributed by atoms with Gasteiger partial charge in [0.1, 0.15) is 5.75 Å². The molecule has 0 spiro atoms. The standard InChI is InChI=1S/C27H33Cl2N5O4/c1-3-33-22-13-16(28)5-6-21(22)34(27(33)36)10-4-9-32-11-7-20(23(15-32)37-2)31-26(35)18-14-19(29)24(30)17-8-12-38-25(17)18/h5-6,13-14,20,23H,3-4,7-12,15,30H2,1-2H3,(H,31,35)/t20-,23+/m0/s1. The number of nitrogen functional groups attached to an aromatic ring is 1. The number of halogens is 2. The largest absolute Gasteiger partial charge is 0.492 e. The highest BCUT2D eigenvalue weighted by Crippen LogP contribution is 2.38. The van der Waals surface area contributed by atoms with Crippen molar-refractivity contribution in [3.63, 3.8) is 0 Å². The van der Waals surface area contributed by atoms with E-state index in [-0.39, 0.29) is 23.7 Å². The number of carbonyl (C=O) groups excluding carboxylic acids is 1. The summed E-state index contributed by atoms with van der Waals surface area (Å²) in [5.74, 6) is 0.287. The van der Waals surface area contributed by atoms with Crippen LogP contribution in [-0.2, 0) is 24.2 Å². The van der Waals surface area contributed by atoms with Crippen LogP contribution in [0, 0.1) is 0 Å². The Morgan fingerprint density at radius 1 is 1.21 bits per heavy atom. The summed E-state index contributed by atoms with van der Waals surface area (Å²) in [4.78, 5) is 28.5. The van der Waals surface area contributed by atoms with Gasteiger partial charge in [0.15, 0.2) is 0 Å². The first kappa shape index (κ1) is 26.9. The van der Waals surface area contributed by atoms with E-state index in [2.05, 4.69) is 10.2 Å². The molecule has 5 rings (SSSR count). The van der Waals surface area contributed by atoms with Gasteiger partial charge in [0, 0.05) is 50.3 Å². The lowest BCUT2D eigenvalue weighted by atomic mass is 10.00. The Morgan fingerprint density at radius 2 is 2.03 bits per heavy atom. The van der Waals surface area contributed by atoms with Gasteiger partial charge in [0.05, 0.1) is 46.1 Å². The first-order valence-corrected chi connectivity index (χ1v) is 13.8. The number of fused-ring (bicyclic) bond motifs is 2. The quantitative estimate of drug-likeness (QED) is 0.407. The number of nitrogens with one attached hydrogen (secondary N) is 1. The summed E-state index contributed by atoms with van der Waals surface area (Å²) in [7, 11) is 1.67. The number of hydrogen-bond acceptors (Lipinski definition) is 6. The van der Waals surface area contributed by atoms with Crippen molar-refractivity contribution in [1.82, 2.24) is 19.4 Å². The fourth-order valence-corrected chi connectivity index (χ4v) is 6.03. The van der Waals surface area contributed by atoms with Crippen molar-refractivity contribution < 1.29 is 14.3 Å². The molecule has 2 aliphatic heterocycles. The molecule has 1 amide bonds. The number of hydrogen-bond donors (Lipinski definition) is 2. The smallest absolute Gasteiger partial charge is 0.329 e. The molecule has 0 aliphatic carbocycles. The monoisotopic (exact) mass is 561 g/mol. The minimum absolute atomic E-state index is 0.0146. The molecule has 11 heteroatoms. The van der Waals surface area contributed by atoms with E-state index in [1.54, 1.807) is 17.7 Å².